The molecule has 0 saturated carbocycles. The van der Waals surface area contributed by atoms with Gasteiger partial charge in [-0.05, 0) is 37.2 Å². The van der Waals surface area contributed by atoms with Crippen LogP contribution in [0.5, 0.6) is 0 Å². The minimum atomic E-state index is -2.71. The highest BCUT2D eigenvalue weighted by atomic mass is 32.3. The molecule has 1 rings (SSSR count). The van der Waals surface area contributed by atoms with Crippen LogP contribution in [0.25, 0.3) is 0 Å². The lowest BCUT2D eigenvalue weighted by molar-refractivity contribution is 0.239. The molecule has 0 N–H and O–H groups in total. The minimum Gasteiger partial charge on any atom is -0.478 e. The highest BCUT2D eigenvalue weighted by Gasteiger charge is 2.26. The molecule has 1 saturated heterocycles. The average Bonchev–Trinajstić information content (AvgIpc) is 2.28. The molecular weight excluding hydrogens is 254 g/mol. The smallest absolute Gasteiger partial charge is 0.219 e. The summed E-state index contributed by atoms with van der Waals surface area (Å²) >= 11 is 6.31. The van der Waals surface area contributed by atoms with Gasteiger partial charge < -0.3 is 4.74 Å². The molecule has 1 fully saturated rings. The third kappa shape index (κ3) is 4.16. The number of thioether (sulfide) groups is 1. The molecule has 0 aromatic heterocycles. The van der Waals surface area contributed by atoms with E-state index < -0.39 is 10.1 Å². The Bertz CT molecular complexity index is 283. The summed E-state index contributed by atoms with van der Waals surface area (Å²) < 4.78 is 20.2. The first-order chi connectivity index (χ1) is 7.09. The van der Waals surface area contributed by atoms with E-state index in [4.69, 9.17) is 17.0 Å². The fourth-order valence-electron chi connectivity index (χ4n) is 1.52. The maximum absolute atomic E-state index is 11.6. The van der Waals surface area contributed by atoms with Crippen LogP contribution < -0.4 is 0 Å². The van der Waals surface area contributed by atoms with Crippen LogP contribution in [0.2, 0.25) is 0 Å². The second-order valence-electron chi connectivity index (χ2n) is 3.58. The molecule has 4 nitrogen and oxygen atoms in total. The van der Waals surface area contributed by atoms with Gasteiger partial charge in [-0.2, -0.15) is 0 Å². The van der Waals surface area contributed by atoms with E-state index in [1.807, 2.05) is 6.26 Å². The van der Waals surface area contributed by atoms with E-state index in [0.717, 1.165) is 12.8 Å². The van der Waals surface area contributed by atoms with Crippen LogP contribution >= 0.6 is 24.0 Å². The van der Waals surface area contributed by atoms with Gasteiger partial charge in [0.15, 0.2) is 0 Å². The normalized spacial score (nSPS) is 26.6. The van der Waals surface area contributed by atoms with Crippen molar-refractivity contribution >= 4 is 38.5 Å². The Kier molecular flexibility index (Phi) is 5.14. The predicted molar refractivity (Wildman–Crippen MR) is 69.9 cm³/mol. The number of ether oxygens (including phenoxy) is 1. The van der Waals surface area contributed by atoms with Gasteiger partial charge in [-0.15, -0.1) is 4.91 Å². The minimum absolute atomic E-state index is 0.360. The van der Waals surface area contributed by atoms with Gasteiger partial charge in [0.05, 0.1) is 6.61 Å². The van der Waals surface area contributed by atoms with E-state index in [1.165, 1.54) is 11.8 Å². The van der Waals surface area contributed by atoms with Gasteiger partial charge in [0, 0.05) is 26.2 Å². The van der Waals surface area contributed by atoms with E-state index in [2.05, 4.69) is 4.58 Å². The predicted octanol–water partition coefficient (Wildman–Crippen LogP) is 1.76. The number of hydrogen-bond acceptors (Lipinski definition) is 5. The van der Waals surface area contributed by atoms with Gasteiger partial charge in [-0.3, -0.25) is 4.21 Å². The van der Waals surface area contributed by atoms with Crippen LogP contribution in [0.15, 0.2) is 4.58 Å². The summed E-state index contributed by atoms with van der Waals surface area (Å²) in [5, 5.41) is 0. The van der Waals surface area contributed by atoms with E-state index in [9.17, 15) is 9.12 Å². The number of thiol groups is 1. The molecule has 0 aromatic carbocycles. The Morgan fingerprint density at radius 3 is 2.67 bits per heavy atom. The molecule has 88 valence electrons. The van der Waals surface area contributed by atoms with Crippen molar-refractivity contribution in [1.29, 1.82) is 0 Å². The Hall–Kier alpha value is -0.0100. The number of nitroso groups, excluding NO2 is 1. The number of hydrogen-bond donors (Lipinski definition) is 1. The molecule has 1 heterocycles. The standard InChI is InChI=1S/C8H15NO3S3/c1-14-8(13)12-6-7-2-4-15(11,9-10)5-3-7/h7,15H,2-6H2,1H3. The third-order valence-electron chi connectivity index (χ3n) is 2.53. The van der Waals surface area contributed by atoms with Crippen LogP contribution in [0.1, 0.15) is 12.8 Å². The topological polar surface area (TPSA) is 55.7 Å². The molecule has 1 aliphatic heterocycles. The monoisotopic (exact) mass is 269 g/mol. The van der Waals surface area contributed by atoms with E-state index >= 15 is 0 Å². The lowest BCUT2D eigenvalue weighted by Gasteiger charge is -2.27. The van der Waals surface area contributed by atoms with Gasteiger partial charge in [0.2, 0.25) is 4.38 Å². The van der Waals surface area contributed by atoms with Crippen molar-refractivity contribution in [2.24, 2.45) is 10.5 Å². The van der Waals surface area contributed by atoms with Crippen LogP contribution in [0, 0.1) is 10.8 Å². The lowest BCUT2D eigenvalue weighted by atomic mass is 10.0. The lowest BCUT2D eigenvalue weighted by Crippen LogP contribution is -2.29. The Morgan fingerprint density at radius 2 is 2.20 bits per heavy atom. The average molecular weight is 269 g/mol. The molecule has 0 amide bonds. The van der Waals surface area contributed by atoms with Crippen molar-refractivity contribution in [2.45, 2.75) is 12.8 Å². The maximum atomic E-state index is 11.6. The van der Waals surface area contributed by atoms with Gasteiger partial charge in [-0.25, -0.2) is 0 Å². The first kappa shape index (κ1) is 13.1. The first-order valence-corrected chi connectivity index (χ1v) is 8.39. The largest absolute Gasteiger partial charge is 0.478 e. The highest BCUT2D eigenvalue weighted by Crippen LogP contribution is 2.25. The molecule has 0 aromatic rings. The number of rotatable bonds is 3. The van der Waals surface area contributed by atoms with E-state index in [1.54, 1.807) is 0 Å². The summed E-state index contributed by atoms with van der Waals surface area (Å²) in [5.74, 6) is 1.21. The Morgan fingerprint density at radius 1 is 1.60 bits per heavy atom. The zero-order chi connectivity index (χ0) is 11.3. The maximum Gasteiger partial charge on any atom is 0.219 e. The molecular formula is C8H15NO3S3. The fraction of sp³-hybridized carbons (Fsp3) is 0.875. The summed E-state index contributed by atoms with van der Waals surface area (Å²) in [4.78, 5) is 10.3. The van der Waals surface area contributed by atoms with Crippen LogP contribution in [0.3, 0.4) is 0 Å². The molecule has 0 spiro atoms. The summed E-state index contributed by atoms with van der Waals surface area (Å²) in [6.07, 6.45) is 3.37. The zero-order valence-electron chi connectivity index (χ0n) is 8.55. The molecule has 15 heavy (non-hydrogen) atoms. The Balaban J connectivity index is 2.29. The molecule has 1 aliphatic rings. The molecule has 0 atom stereocenters. The summed E-state index contributed by atoms with van der Waals surface area (Å²) in [6, 6.07) is 0. The van der Waals surface area contributed by atoms with Crippen LogP contribution in [-0.2, 0) is 14.9 Å². The second kappa shape index (κ2) is 5.91. The third-order valence-corrected chi connectivity index (χ3v) is 5.81. The zero-order valence-corrected chi connectivity index (χ0v) is 11.1. The van der Waals surface area contributed by atoms with Crippen LogP contribution in [0.4, 0.5) is 0 Å². The molecule has 0 aliphatic carbocycles. The summed E-state index contributed by atoms with van der Waals surface area (Å²) in [6.45, 7) is 0.568. The van der Waals surface area contributed by atoms with Crippen molar-refractivity contribution in [2.75, 3.05) is 24.4 Å². The molecule has 0 unspecified atom stereocenters. The van der Waals surface area contributed by atoms with E-state index in [0.29, 0.717) is 28.4 Å². The molecule has 7 heteroatoms. The van der Waals surface area contributed by atoms with Gasteiger partial charge in [0.1, 0.15) is 0 Å². The van der Waals surface area contributed by atoms with Crippen molar-refractivity contribution in [3.63, 3.8) is 0 Å². The van der Waals surface area contributed by atoms with Crippen molar-refractivity contribution in [3.05, 3.63) is 4.91 Å². The highest BCUT2D eigenvalue weighted by molar-refractivity contribution is 8.22. The molecule has 0 radical (unpaired) electrons. The summed E-state index contributed by atoms with van der Waals surface area (Å²) in [5.41, 5.74) is 0. The van der Waals surface area contributed by atoms with Crippen LogP contribution in [-0.4, -0.2) is 33.0 Å². The second-order valence-corrected chi connectivity index (χ2v) is 7.74. The van der Waals surface area contributed by atoms with E-state index in [-0.39, 0.29) is 0 Å². The Labute approximate surface area is 100 Å². The first-order valence-electron chi connectivity index (χ1n) is 4.73. The van der Waals surface area contributed by atoms with Gasteiger partial charge in [0.25, 0.3) is 0 Å². The van der Waals surface area contributed by atoms with Crippen molar-refractivity contribution in [3.8, 4) is 0 Å². The number of thiocarbonyl (C=S) groups is 1. The SMILES string of the molecule is CSC(=S)OCC1CC[SH](=O)(N=O)CC1. The quantitative estimate of drug-likeness (QED) is 0.481. The fourth-order valence-corrected chi connectivity index (χ4v) is 3.70. The van der Waals surface area contributed by atoms with Crippen molar-refractivity contribution in [1.82, 2.24) is 0 Å². The number of nitrogens with zero attached hydrogens (tertiary/aromatic N) is 1. The van der Waals surface area contributed by atoms with Crippen molar-refractivity contribution < 1.29 is 8.95 Å². The van der Waals surface area contributed by atoms with Gasteiger partial charge in [-0.1, -0.05) is 11.8 Å². The summed E-state index contributed by atoms with van der Waals surface area (Å²) in [7, 11) is -2.71. The molecule has 0 bridgehead atoms. The van der Waals surface area contributed by atoms with Gasteiger partial charge >= 0.3 is 0 Å².